The Morgan fingerprint density at radius 2 is 2.00 bits per heavy atom. The lowest BCUT2D eigenvalue weighted by atomic mass is 9.92. The molecule has 2 fully saturated rings. The highest BCUT2D eigenvalue weighted by molar-refractivity contribution is 5.95. The molecule has 1 aromatic heterocycles. The quantitative estimate of drug-likeness (QED) is 0.704. The molecule has 1 aliphatic carbocycles. The normalized spacial score (nSPS) is 19.2. The van der Waals surface area contributed by atoms with Gasteiger partial charge in [-0.2, -0.15) is 10.2 Å². The van der Waals surface area contributed by atoms with Gasteiger partial charge in [0, 0.05) is 42.4 Å². The van der Waals surface area contributed by atoms with E-state index in [9.17, 15) is 9.18 Å². The fourth-order valence-corrected chi connectivity index (χ4v) is 4.42. The summed E-state index contributed by atoms with van der Waals surface area (Å²) in [5.74, 6) is -0.695. The number of halogens is 1. The number of amides is 1. The molecule has 0 radical (unpaired) electrons. The Hall–Kier alpha value is -2.86. The van der Waals surface area contributed by atoms with Crippen molar-refractivity contribution < 1.29 is 9.18 Å². The van der Waals surface area contributed by atoms with Gasteiger partial charge < -0.3 is 10.2 Å². The van der Waals surface area contributed by atoms with Crippen LogP contribution in [-0.2, 0) is 6.42 Å². The van der Waals surface area contributed by atoms with Crippen molar-refractivity contribution in [1.29, 1.82) is 0 Å². The minimum absolute atomic E-state index is 0.144. The van der Waals surface area contributed by atoms with Gasteiger partial charge in [0.25, 0.3) is 5.91 Å². The van der Waals surface area contributed by atoms with Crippen LogP contribution in [0.1, 0.15) is 47.3 Å². The number of carbonyl (C=O) groups is 1. The van der Waals surface area contributed by atoms with Crippen molar-refractivity contribution in [2.24, 2.45) is 0 Å². The fourth-order valence-electron chi connectivity index (χ4n) is 4.42. The van der Waals surface area contributed by atoms with Crippen LogP contribution in [0.5, 0.6) is 0 Å². The minimum Gasteiger partial charge on any atom is -0.337 e. The molecule has 6 heteroatoms. The van der Waals surface area contributed by atoms with Crippen molar-refractivity contribution in [3.8, 4) is 0 Å². The Bertz CT molecular complexity index is 1080. The SMILES string of the molecule is O=C(c1cc(Cc2nncc3ccccc23)ccc1F)N1CCC(NC2CCC2)C1. The summed E-state index contributed by atoms with van der Waals surface area (Å²) in [5.41, 5.74) is 1.82. The summed E-state index contributed by atoms with van der Waals surface area (Å²) in [6.07, 6.45) is 6.89. The number of nitrogens with zero attached hydrogens (tertiary/aromatic N) is 3. The smallest absolute Gasteiger partial charge is 0.256 e. The highest BCUT2D eigenvalue weighted by Crippen LogP contribution is 2.24. The highest BCUT2D eigenvalue weighted by Gasteiger charge is 2.31. The van der Waals surface area contributed by atoms with E-state index >= 15 is 0 Å². The predicted octanol–water partition coefficient (Wildman–Crippen LogP) is 3.72. The van der Waals surface area contributed by atoms with Gasteiger partial charge in [0.05, 0.1) is 17.5 Å². The molecule has 1 aliphatic heterocycles. The van der Waals surface area contributed by atoms with E-state index in [4.69, 9.17) is 0 Å². The van der Waals surface area contributed by atoms with Gasteiger partial charge in [0.1, 0.15) is 5.82 Å². The van der Waals surface area contributed by atoms with E-state index in [2.05, 4.69) is 15.5 Å². The molecule has 2 aromatic carbocycles. The van der Waals surface area contributed by atoms with Crippen molar-refractivity contribution in [2.75, 3.05) is 13.1 Å². The molecule has 0 bridgehead atoms. The molecular formula is C24H25FN4O. The average molecular weight is 404 g/mol. The number of likely N-dealkylation sites (tertiary alicyclic amines) is 1. The molecule has 1 atom stereocenters. The first-order valence-corrected chi connectivity index (χ1v) is 10.7. The summed E-state index contributed by atoms with van der Waals surface area (Å²) >= 11 is 0. The van der Waals surface area contributed by atoms with E-state index in [1.54, 1.807) is 23.2 Å². The van der Waals surface area contributed by atoms with E-state index in [0.29, 0.717) is 31.6 Å². The molecule has 2 heterocycles. The van der Waals surface area contributed by atoms with Crippen LogP contribution in [0.3, 0.4) is 0 Å². The number of benzene rings is 2. The number of aromatic nitrogens is 2. The molecule has 2 aliphatic rings. The molecule has 30 heavy (non-hydrogen) atoms. The third-order valence-electron chi connectivity index (χ3n) is 6.33. The van der Waals surface area contributed by atoms with E-state index in [0.717, 1.165) is 28.5 Å². The zero-order valence-electron chi connectivity index (χ0n) is 16.9. The molecule has 5 nitrogen and oxygen atoms in total. The molecule has 5 rings (SSSR count). The number of fused-ring (bicyclic) bond motifs is 1. The van der Waals surface area contributed by atoms with E-state index < -0.39 is 5.82 Å². The summed E-state index contributed by atoms with van der Waals surface area (Å²) in [5, 5.41) is 14.0. The number of carbonyl (C=O) groups excluding carboxylic acids is 1. The maximum absolute atomic E-state index is 14.5. The number of nitrogens with one attached hydrogen (secondary N) is 1. The van der Waals surface area contributed by atoms with Crippen LogP contribution in [0.4, 0.5) is 4.39 Å². The molecule has 0 spiro atoms. The second-order valence-electron chi connectivity index (χ2n) is 8.40. The van der Waals surface area contributed by atoms with Gasteiger partial charge in [-0.3, -0.25) is 4.79 Å². The van der Waals surface area contributed by atoms with Gasteiger partial charge in [-0.1, -0.05) is 36.8 Å². The second kappa shape index (κ2) is 8.11. The Morgan fingerprint density at radius 3 is 2.83 bits per heavy atom. The van der Waals surface area contributed by atoms with Crippen molar-refractivity contribution in [3.63, 3.8) is 0 Å². The van der Waals surface area contributed by atoms with E-state index in [1.165, 1.54) is 25.3 Å². The molecule has 1 amide bonds. The zero-order chi connectivity index (χ0) is 20.5. The first-order valence-electron chi connectivity index (χ1n) is 10.7. The predicted molar refractivity (Wildman–Crippen MR) is 114 cm³/mol. The zero-order valence-corrected chi connectivity index (χ0v) is 16.9. The summed E-state index contributed by atoms with van der Waals surface area (Å²) in [6.45, 7) is 1.31. The Labute approximate surface area is 175 Å². The van der Waals surface area contributed by atoms with Crippen LogP contribution in [0, 0.1) is 5.82 Å². The standard InChI is InChI=1S/C24H25FN4O/c25-22-9-8-16(13-23-20-7-2-1-4-17(20)14-26-28-23)12-21(22)24(30)29-11-10-19(15-29)27-18-5-3-6-18/h1-2,4,7-9,12,14,18-19,27H,3,5-6,10-11,13,15H2. The van der Waals surface area contributed by atoms with Crippen LogP contribution in [-0.4, -0.2) is 46.2 Å². The maximum atomic E-state index is 14.5. The van der Waals surface area contributed by atoms with Crippen LogP contribution in [0.2, 0.25) is 0 Å². The Morgan fingerprint density at radius 1 is 1.13 bits per heavy atom. The third-order valence-corrected chi connectivity index (χ3v) is 6.33. The van der Waals surface area contributed by atoms with Crippen LogP contribution in [0.25, 0.3) is 10.8 Å². The molecule has 3 aromatic rings. The van der Waals surface area contributed by atoms with Crippen LogP contribution < -0.4 is 5.32 Å². The van der Waals surface area contributed by atoms with Crippen LogP contribution in [0.15, 0.2) is 48.7 Å². The van der Waals surface area contributed by atoms with Crippen molar-refractivity contribution in [2.45, 2.75) is 44.2 Å². The molecule has 1 saturated heterocycles. The summed E-state index contributed by atoms with van der Waals surface area (Å²) < 4.78 is 14.5. The van der Waals surface area contributed by atoms with Crippen molar-refractivity contribution in [3.05, 3.63) is 71.3 Å². The van der Waals surface area contributed by atoms with Crippen LogP contribution >= 0.6 is 0 Å². The lowest BCUT2D eigenvalue weighted by molar-refractivity contribution is 0.0783. The van der Waals surface area contributed by atoms with Gasteiger partial charge in [-0.15, -0.1) is 0 Å². The molecular weight excluding hydrogens is 379 g/mol. The highest BCUT2D eigenvalue weighted by atomic mass is 19.1. The molecule has 1 unspecified atom stereocenters. The first kappa shape index (κ1) is 19.1. The maximum Gasteiger partial charge on any atom is 0.256 e. The van der Waals surface area contributed by atoms with Crippen molar-refractivity contribution >= 4 is 16.7 Å². The van der Waals surface area contributed by atoms with E-state index in [-0.39, 0.29) is 11.5 Å². The minimum atomic E-state index is -0.469. The summed E-state index contributed by atoms with van der Waals surface area (Å²) in [7, 11) is 0. The van der Waals surface area contributed by atoms with Gasteiger partial charge in [0.15, 0.2) is 0 Å². The fraction of sp³-hybridized carbons (Fsp3) is 0.375. The molecule has 1 N–H and O–H groups in total. The monoisotopic (exact) mass is 404 g/mol. The molecule has 1 saturated carbocycles. The third kappa shape index (κ3) is 3.79. The number of hydrogen-bond acceptors (Lipinski definition) is 4. The molecule has 154 valence electrons. The van der Waals surface area contributed by atoms with Gasteiger partial charge >= 0.3 is 0 Å². The Balaban J connectivity index is 1.34. The Kier molecular flexibility index (Phi) is 5.17. The first-order chi connectivity index (χ1) is 14.7. The van der Waals surface area contributed by atoms with Gasteiger partial charge in [0.2, 0.25) is 0 Å². The van der Waals surface area contributed by atoms with E-state index in [1.807, 2.05) is 24.3 Å². The topological polar surface area (TPSA) is 58.1 Å². The summed E-state index contributed by atoms with van der Waals surface area (Å²) in [6, 6.07) is 13.6. The van der Waals surface area contributed by atoms with Gasteiger partial charge in [-0.05, 0) is 37.0 Å². The number of hydrogen-bond donors (Lipinski definition) is 1. The largest absolute Gasteiger partial charge is 0.337 e. The lowest BCUT2D eigenvalue weighted by Crippen LogP contribution is -2.44. The lowest BCUT2D eigenvalue weighted by Gasteiger charge is -2.29. The summed E-state index contributed by atoms with van der Waals surface area (Å²) in [4.78, 5) is 14.8. The number of rotatable bonds is 5. The van der Waals surface area contributed by atoms with Crippen molar-refractivity contribution in [1.82, 2.24) is 20.4 Å². The van der Waals surface area contributed by atoms with Gasteiger partial charge in [-0.25, -0.2) is 4.39 Å². The second-order valence-corrected chi connectivity index (χ2v) is 8.40. The average Bonchev–Trinajstić information content (AvgIpc) is 3.21.